The summed E-state index contributed by atoms with van der Waals surface area (Å²) in [6, 6.07) is 13.3. The van der Waals surface area contributed by atoms with Gasteiger partial charge < -0.3 is 14.8 Å². The van der Waals surface area contributed by atoms with Gasteiger partial charge in [0, 0.05) is 37.3 Å². The van der Waals surface area contributed by atoms with Crippen LogP contribution in [0.25, 0.3) is 0 Å². The Morgan fingerprint density at radius 2 is 1.77 bits per heavy atom. The highest BCUT2D eigenvalue weighted by atomic mass is 16.2. The van der Waals surface area contributed by atoms with Gasteiger partial charge in [0.2, 0.25) is 5.91 Å². The maximum atomic E-state index is 13.0. The van der Waals surface area contributed by atoms with Crippen LogP contribution in [-0.2, 0) is 22.7 Å². The molecule has 1 aromatic heterocycles. The molecule has 3 aliphatic rings. The number of benzene rings is 1. The van der Waals surface area contributed by atoms with Crippen molar-refractivity contribution in [1.29, 1.82) is 0 Å². The monoisotopic (exact) mass is 420 g/mol. The first-order chi connectivity index (χ1) is 15.0. The first-order valence-corrected chi connectivity index (χ1v) is 10.6. The molecule has 8 heteroatoms. The van der Waals surface area contributed by atoms with E-state index in [-0.39, 0.29) is 42.2 Å². The molecule has 3 atom stereocenters. The zero-order chi connectivity index (χ0) is 21.5. The molecule has 2 bridgehead atoms. The standard InChI is InChI=1S/C23H24N4O4/c28-20-8-4-7-19-17-9-16(13-26(19)20)11-25(14-17)21(29)10-18-22(30)27(23(31)24-18)12-15-5-2-1-3-6-15/h1-8,16-18H,9-14H2,(H,24,31)/t16-,17+,18-/m0/s1. The van der Waals surface area contributed by atoms with Crippen LogP contribution >= 0.6 is 0 Å². The van der Waals surface area contributed by atoms with Crippen molar-refractivity contribution in [2.24, 2.45) is 5.92 Å². The van der Waals surface area contributed by atoms with Crippen LogP contribution in [0.15, 0.2) is 53.3 Å². The molecule has 0 unspecified atom stereocenters. The normalized spacial score (nSPS) is 24.7. The molecule has 4 heterocycles. The third kappa shape index (κ3) is 3.62. The number of likely N-dealkylation sites (tertiary alicyclic amines) is 1. The molecule has 8 nitrogen and oxygen atoms in total. The van der Waals surface area contributed by atoms with E-state index in [0.29, 0.717) is 19.6 Å². The van der Waals surface area contributed by atoms with E-state index < -0.39 is 12.1 Å². The van der Waals surface area contributed by atoms with Crippen molar-refractivity contribution >= 4 is 17.8 Å². The topological polar surface area (TPSA) is 91.7 Å². The molecule has 5 rings (SSSR count). The van der Waals surface area contributed by atoms with E-state index in [1.165, 1.54) is 4.90 Å². The zero-order valence-corrected chi connectivity index (χ0v) is 17.1. The van der Waals surface area contributed by atoms with Crippen molar-refractivity contribution < 1.29 is 14.4 Å². The molecule has 0 aliphatic carbocycles. The summed E-state index contributed by atoms with van der Waals surface area (Å²) in [5, 5.41) is 2.66. The molecule has 1 aromatic carbocycles. The van der Waals surface area contributed by atoms with Gasteiger partial charge in [-0.1, -0.05) is 36.4 Å². The average Bonchev–Trinajstić information content (AvgIpc) is 3.02. The van der Waals surface area contributed by atoms with Crippen LogP contribution in [0.1, 0.15) is 30.0 Å². The molecule has 2 aromatic rings. The number of carbonyl (C=O) groups excluding carboxylic acids is 3. The molecule has 3 aliphatic heterocycles. The minimum atomic E-state index is -0.833. The van der Waals surface area contributed by atoms with Crippen LogP contribution < -0.4 is 10.9 Å². The SMILES string of the molecule is O=C(C[C@@H]1NC(=O)N(Cc2ccccc2)C1=O)N1C[C@@H]2C[C@H](C1)c1cccc(=O)n1C2. The van der Waals surface area contributed by atoms with E-state index in [0.717, 1.165) is 17.7 Å². The van der Waals surface area contributed by atoms with Crippen LogP contribution in [0.3, 0.4) is 0 Å². The summed E-state index contributed by atoms with van der Waals surface area (Å²) in [5.41, 5.74) is 1.83. The van der Waals surface area contributed by atoms with Crippen molar-refractivity contribution in [1.82, 2.24) is 19.7 Å². The number of rotatable bonds is 4. The molecule has 2 fully saturated rings. The minimum Gasteiger partial charge on any atom is -0.342 e. The number of amides is 4. The summed E-state index contributed by atoms with van der Waals surface area (Å²) < 4.78 is 1.82. The number of piperidine rings is 1. The number of urea groups is 1. The van der Waals surface area contributed by atoms with Crippen LogP contribution in [-0.4, -0.2) is 51.3 Å². The number of hydrogen-bond acceptors (Lipinski definition) is 4. The van der Waals surface area contributed by atoms with E-state index in [4.69, 9.17) is 0 Å². The number of imide groups is 1. The molecule has 160 valence electrons. The van der Waals surface area contributed by atoms with Crippen molar-refractivity contribution in [3.63, 3.8) is 0 Å². The fraction of sp³-hybridized carbons (Fsp3) is 0.391. The smallest absolute Gasteiger partial charge is 0.325 e. The lowest BCUT2D eigenvalue weighted by atomic mass is 9.83. The van der Waals surface area contributed by atoms with E-state index in [9.17, 15) is 19.2 Å². The first kappa shape index (κ1) is 19.5. The molecule has 4 amide bonds. The second-order valence-corrected chi connectivity index (χ2v) is 8.61. The van der Waals surface area contributed by atoms with Gasteiger partial charge in [0.15, 0.2) is 0 Å². The number of fused-ring (bicyclic) bond motifs is 4. The number of aromatic nitrogens is 1. The van der Waals surface area contributed by atoms with Crippen LogP contribution in [0, 0.1) is 5.92 Å². The first-order valence-electron chi connectivity index (χ1n) is 10.6. The highest BCUT2D eigenvalue weighted by molar-refractivity contribution is 6.05. The molecule has 2 saturated heterocycles. The number of pyridine rings is 1. The third-order valence-electron chi connectivity index (χ3n) is 6.50. The number of hydrogen-bond donors (Lipinski definition) is 1. The van der Waals surface area contributed by atoms with Gasteiger partial charge in [0.25, 0.3) is 11.5 Å². The summed E-state index contributed by atoms with van der Waals surface area (Å²) in [7, 11) is 0. The Balaban J connectivity index is 1.25. The Kier molecular flexibility index (Phi) is 4.84. The molecular formula is C23H24N4O4. The Hall–Kier alpha value is -3.42. The molecule has 0 radical (unpaired) electrons. The van der Waals surface area contributed by atoms with Gasteiger partial charge in [-0.3, -0.25) is 19.3 Å². The maximum Gasteiger partial charge on any atom is 0.325 e. The molecule has 0 saturated carbocycles. The summed E-state index contributed by atoms with van der Waals surface area (Å²) in [5.74, 6) is -0.162. The highest BCUT2D eigenvalue weighted by Gasteiger charge is 2.41. The van der Waals surface area contributed by atoms with Gasteiger partial charge in [-0.05, 0) is 24.0 Å². The van der Waals surface area contributed by atoms with E-state index in [1.54, 1.807) is 17.0 Å². The summed E-state index contributed by atoms with van der Waals surface area (Å²) in [6.07, 6.45) is 0.911. The van der Waals surface area contributed by atoms with Crippen molar-refractivity contribution in [3.8, 4) is 0 Å². The Bertz CT molecular complexity index is 1100. The highest BCUT2D eigenvalue weighted by Crippen LogP contribution is 2.35. The van der Waals surface area contributed by atoms with E-state index in [2.05, 4.69) is 5.32 Å². The zero-order valence-electron chi connectivity index (χ0n) is 17.1. The second-order valence-electron chi connectivity index (χ2n) is 8.61. The minimum absolute atomic E-state index is 0.00440. The fourth-order valence-electron chi connectivity index (χ4n) is 5.03. The quantitative estimate of drug-likeness (QED) is 0.755. The van der Waals surface area contributed by atoms with Gasteiger partial charge >= 0.3 is 6.03 Å². The fourth-order valence-corrected chi connectivity index (χ4v) is 5.03. The number of carbonyl (C=O) groups is 3. The van der Waals surface area contributed by atoms with Gasteiger partial charge in [0.05, 0.1) is 13.0 Å². The van der Waals surface area contributed by atoms with Crippen molar-refractivity contribution in [3.05, 3.63) is 70.1 Å². The lowest BCUT2D eigenvalue weighted by Gasteiger charge is -2.43. The Labute approximate surface area is 179 Å². The van der Waals surface area contributed by atoms with Crippen LogP contribution in [0.2, 0.25) is 0 Å². The van der Waals surface area contributed by atoms with Crippen molar-refractivity contribution in [2.75, 3.05) is 13.1 Å². The third-order valence-corrected chi connectivity index (χ3v) is 6.50. The Morgan fingerprint density at radius 1 is 0.968 bits per heavy atom. The van der Waals surface area contributed by atoms with Crippen LogP contribution in [0.4, 0.5) is 4.79 Å². The molecular weight excluding hydrogens is 396 g/mol. The molecule has 31 heavy (non-hydrogen) atoms. The summed E-state index contributed by atoms with van der Waals surface area (Å²) in [6.45, 7) is 1.90. The summed E-state index contributed by atoms with van der Waals surface area (Å²) in [4.78, 5) is 53.2. The second kappa shape index (κ2) is 7.68. The average molecular weight is 420 g/mol. The van der Waals surface area contributed by atoms with E-state index >= 15 is 0 Å². The maximum absolute atomic E-state index is 13.0. The predicted octanol–water partition coefficient (Wildman–Crippen LogP) is 1.30. The lowest BCUT2D eigenvalue weighted by molar-refractivity contribution is -0.137. The number of nitrogens with zero attached hydrogens (tertiary/aromatic N) is 3. The van der Waals surface area contributed by atoms with Gasteiger partial charge in [-0.2, -0.15) is 0 Å². The van der Waals surface area contributed by atoms with Gasteiger partial charge in [-0.15, -0.1) is 0 Å². The number of nitrogens with one attached hydrogen (secondary N) is 1. The van der Waals surface area contributed by atoms with E-state index in [1.807, 2.05) is 41.0 Å². The van der Waals surface area contributed by atoms with Gasteiger partial charge in [0.1, 0.15) is 6.04 Å². The predicted molar refractivity (Wildman–Crippen MR) is 112 cm³/mol. The lowest BCUT2D eigenvalue weighted by Crippen LogP contribution is -2.50. The molecule has 1 N–H and O–H groups in total. The van der Waals surface area contributed by atoms with Crippen LogP contribution in [0.5, 0.6) is 0 Å². The van der Waals surface area contributed by atoms with Crippen molar-refractivity contribution in [2.45, 2.75) is 37.9 Å². The summed E-state index contributed by atoms with van der Waals surface area (Å²) >= 11 is 0. The molecule has 0 spiro atoms. The largest absolute Gasteiger partial charge is 0.342 e. The Morgan fingerprint density at radius 3 is 2.58 bits per heavy atom. The van der Waals surface area contributed by atoms with Gasteiger partial charge in [-0.25, -0.2) is 4.79 Å².